The van der Waals surface area contributed by atoms with Crippen LogP contribution < -0.4 is 0 Å². The molecule has 1 aromatic heterocycles. The van der Waals surface area contributed by atoms with E-state index in [0.717, 1.165) is 24.6 Å². The van der Waals surface area contributed by atoms with E-state index in [9.17, 15) is 0 Å². The van der Waals surface area contributed by atoms with Crippen molar-refractivity contribution in [3.05, 3.63) is 11.6 Å². The Balaban J connectivity index is 2.43. The number of ether oxygens (including phenoxy) is 1. The molecule has 1 rings (SSSR count). The summed E-state index contributed by atoms with van der Waals surface area (Å²) in [5.74, 6) is 1.85. The third-order valence-electron chi connectivity index (χ3n) is 2.11. The first kappa shape index (κ1) is 12.1. The van der Waals surface area contributed by atoms with Gasteiger partial charge in [0, 0.05) is 19.4 Å². The molecule has 0 fully saturated rings. The van der Waals surface area contributed by atoms with E-state index >= 15 is 0 Å². The molecule has 0 saturated carbocycles. The lowest BCUT2D eigenvalue weighted by Crippen LogP contribution is -2.05. The summed E-state index contributed by atoms with van der Waals surface area (Å²) in [7, 11) is 0. The monoisotopic (exact) mass is 213 g/mol. The van der Waals surface area contributed by atoms with Crippen molar-refractivity contribution in [1.82, 2.24) is 14.8 Å². The minimum atomic E-state index is 0.0665. The van der Waals surface area contributed by atoms with Crippen molar-refractivity contribution in [1.29, 1.82) is 0 Å². The first-order valence-corrected chi connectivity index (χ1v) is 5.43. The van der Waals surface area contributed by atoms with Crippen LogP contribution in [0.5, 0.6) is 0 Å². The summed E-state index contributed by atoms with van der Waals surface area (Å²) in [5, 5.41) is 12.9. The Kier molecular flexibility index (Phi) is 5.28. The van der Waals surface area contributed by atoms with E-state index in [1.165, 1.54) is 0 Å². The molecule has 0 aliphatic rings. The van der Waals surface area contributed by atoms with Crippen LogP contribution in [0.3, 0.4) is 0 Å². The van der Waals surface area contributed by atoms with Crippen LogP contribution in [0.4, 0.5) is 0 Å². The summed E-state index contributed by atoms with van der Waals surface area (Å²) in [6.45, 7) is 6.00. The second-order valence-corrected chi connectivity index (χ2v) is 3.20. The van der Waals surface area contributed by atoms with Crippen LogP contribution in [0.1, 0.15) is 25.5 Å². The molecule has 0 saturated heterocycles. The highest BCUT2D eigenvalue weighted by Crippen LogP contribution is 2.00. The Labute approximate surface area is 90.1 Å². The zero-order valence-electron chi connectivity index (χ0n) is 9.44. The van der Waals surface area contributed by atoms with Gasteiger partial charge in [0.2, 0.25) is 0 Å². The zero-order chi connectivity index (χ0) is 11.1. The SMILES string of the molecule is CCc1nc(CCOCCO)nn1CC. The standard InChI is InChI=1S/C10H19N3O2/c1-3-10-11-9(12-13(10)4-2)5-7-15-8-6-14/h14H,3-8H2,1-2H3. The maximum Gasteiger partial charge on any atom is 0.153 e. The highest BCUT2D eigenvalue weighted by Gasteiger charge is 2.06. The Bertz CT molecular complexity index is 265. The maximum absolute atomic E-state index is 8.53. The van der Waals surface area contributed by atoms with Crippen molar-refractivity contribution in [2.24, 2.45) is 0 Å². The molecule has 0 aromatic carbocycles. The van der Waals surface area contributed by atoms with Crippen LogP contribution in [-0.2, 0) is 24.1 Å². The minimum absolute atomic E-state index is 0.0665. The molecular weight excluding hydrogens is 194 g/mol. The van der Waals surface area contributed by atoms with Gasteiger partial charge >= 0.3 is 0 Å². The van der Waals surface area contributed by atoms with Gasteiger partial charge in [0.05, 0.1) is 19.8 Å². The van der Waals surface area contributed by atoms with E-state index in [1.54, 1.807) is 0 Å². The minimum Gasteiger partial charge on any atom is -0.394 e. The molecule has 0 radical (unpaired) electrons. The summed E-state index contributed by atoms with van der Waals surface area (Å²) >= 11 is 0. The van der Waals surface area contributed by atoms with Crippen LogP contribution in [-0.4, -0.2) is 39.7 Å². The summed E-state index contributed by atoms with van der Waals surface area (Å²) < 4.78 is 7.08. The fraction of sp³-hybridized carbons (Fsp3) is 0.800. The second-order valence-electron chi connectivity index (χ2n) is 3.20. The fourth-order valence-corrected chi connectivity index (χ4v) is 1.38. The molecule has 0 amide bonds. The van der Waals surface area contributed by atoms with Gasteiger partial charge in [0.1, 0.15) is 5.82 Å². The molecule has 0 spiro atoms. The van der Waals surface area contributed by atoms with Crippen molar-refractivity contribution in [2.45, 2.75) is 33.2 Å². The van der Waals surface area contributed by atoms with Gasteiger partial charge in [-0.15, -0.1) is 0 Å². The molecule has 1 N–H and O–H groups in total. The Hall–Kier alpha value is -0.940. The molecule has 0 aliphatic carbocycles. The van der Waals surface area contributed by atoms with Crippen LogP contribution in [0.25, 0.3) is 0 Å². The molecule has 0 unspecified atom stereocenters. The van der Waals surface area contributed by atoms with E-state index in [1.807, 2.05) is 4.68 Å². The summed E-state index contributed by atoms with van der Waals surface area (Å²) in [4.78, 5) is 4.41. The van der Waals surface area contributed by atoms with Gasteiger partial charge in [-0.1, -0.05) is 6.92 Å². The molecule has 0 atom stereocenters. The number of hydrogen-bond acceptors (Lipinski definition) is 4. The van der Waals surface area contributed by atoms with Gasteiger partial charge in [0.25, 0.3) is 0 Å². The summed E-state index contributed by atoms with van der Waals surface area (Å²) in [6, 6.07) is 0. The van der Waals surface area contributed by atoms with Gasteiger partial charge < -0.3 is 9.84 Å². The number of aryl methyl sites for hydroxylation is 2. The largest absolute Gasteiger partial charge is 0.394 e. The maximum atomic E-state index is 8.53. The van der Waals surface area contributed by atoms with Gasteiger partial charge in [0.15, 0.2) is 5.82 Å². The number of hydrogen-bond donors (Lipinski definition) is 1. The predicted octanol–water partition coefficient (Wildman–Crippen LogP) is 0.412. The highest BCUT2D eigenvalue weighted by molar-refractivity contribution is 4.93. The second kappa shape index (κ2) is 6.53. The van der Waals surface area contributed by atoms with Crippen LogP contribution in [0.2, 0.25) is 0 Å². The van der Waals surface area contributed by atoms with Crippen molar-refractivity contribution < 1.29 is 9.84 Å². The Morgan fingerprint density at radius 1 is 1.33 bits per heavy atom. The normalized spacial score (nSPS) is 10.9. The molecule has 5 nitrogen and oxygen atoms in total. The molecule has 86 valence electrons. The lowest BCUT2D eigenvalue weighted by molar-refractivity contribution is 0.0936. The quantitative estimate of drug-likeness (QED) is 0.666. The van der Waals surface area contributed by atoms with E-state index in [-0.39, 0.29) is 6.61 Å². The summed E-state index contributed by atoms with van der Waals surface area (Å²) in [6.07, 6.45) is 1.61. The number of aromatic nitrogens is 3. The lowest BCUT2D eigenvalue weighted by Gasteiger charge is -1.98. The van der Waals surface area contributed by atoms with E-state index < -0.39 is 0 Å². The van der Waals surface area contributed by atoms with Crippen LogP contribution in [0, 0.1) is 0 Å². The number of aliphatic hydroxyl groups excluding tert-OH is 1. The van der Waals surface area contributed by atoms with Gasteiger partial charge in [-0.25, -0.2) is 4.98 Å². The number of nitrogens with zero attached hydrogens (tertiary/aromatic N) is 3. The fourth-order valence-electron chi connectivity index (χ4n) is 1.38. The van der Waals surface area contributed by atoms with Crippen molar-refractivity contribution in [2.75, 3.05) is 19.8 Å². The summed E-state index contributed by atoms with van der Waals surface area (Å²) in [5.41, 5.74) is 0. The van der Waals surface area contributed by atoms with Gasteiger partial charge in [-0.05, 0) is 6.92 Å². The lowest BCUT2D eigenvalue weighted by atomic mass is 10.4. The first-order valence-electron chi connectivity index (χ1n) is 5.43. The van der Waals surface area contributed by atoms with Crippen molar-refractivity contribution in [3.8, 4) is 0 Å². The topological polar surface area (TPSA) is 60.2 Å². The third-order valence-corrected chi connectivity index (χ3v) is 2.11. The highest BCUT2D eigenvalue weighted by atomic mass is 16.5. The van der Waals surface area contributed by atoms with Gasteiger partial charge in [-0.3, -0.25) is 4.68 Å². The number of rotatable bonds is 7. The predicted molar refractivity (Wildman–Crippen MR) is 56.7 cm³/mol. The van der Waals surface area contributed by atoms with Crippen LogP contribution in [0.15, 0.2) is 0 Å². The molecular formula is C10H19N3O2. The first-order chi connectivity index (χ1) is 7.31. The molecule has 15 heavy (non-hydrogen) atoms. The van der Waals surface area contributed by atoms with Gasteiger partial charge in [-0.2, -0.15) is 5.10 Å². The van der Waals surface area contributed by atoms with E-state index in [0.29, 0.717) is 19.6 Å². The van der Waals surface area contributed by atoms with Crippen molar-refractivity contribution in [3.63, 3.8) is 0 Å². The van der Waals surface area contributed by atoms with Crippen LogP contribution >= 0.6 is 0 Å². The molecule has 0 bridgehead atoms. The third kappa shape index (κ3) is 3.60. The molecule has 0 aliphatic heterocycles. The average Bonchev–Trinajstić information content (AvgIpc) is 2.67. The van der Waals surface area contributed by atoms with E-state index in [2.05, 4.69) is 23.9 Å². The Morgan fingerprint density at radius 2 is 2.13 bits per heavy atom. The average molecular weight is 213 g/mol. The molecule has 5 heteroatoms. The molecule has 1 heterocycles. The number of aliphatic hydroxyl groups is 1. The molecule has 1 aromatic rings. The Morgan fingerprint density at radius 3 is 2.67 bits per heavy atom. The zero-order valence-corrected chi connectivity index (χ0v) is 9.44. The smallest absolute Gasteiger partial charge is 0.153 e. The van der Waals surface area contributed by atoms with Crippen molar-refractivity contribution >= 4 is 0 Å². The van der Waals surface area contributed by atoms with E-state index in [4.69, 9.17) is 9.84 Å².